The van der Waals surface area contributed by atoms with Crippen LogP contribution < -0.4 is 0 Å². The summed E-state index contributed by atoms with van der Waals surface area (Å²) in [4.78, 5) is 14.1. The lowest BCUT2D eigenvalue weighted by Gasteiger charge is -2.22. The zero-order valence-electron chi connectivity index (χ0n) is 16.7. The molecule has 2 aliphatic rings. The average molecular weight is 419 g/mol. The maximum atomic E-state index is 12.5. The first kappa shape index (κ1) is 20.4. The summed E-state index contributed by atoms with van der Waals surface area (Å²) in [5.41, 5.74) is 1.28. The first-order valence-corrected chi connectivity index (χ1v) is 11.4. The van der Waals surface area contributed by atoms with Crippen LogP contribution in [0.4, 0.5) is 4.79 Å². The molecule has 7 nitrogen and oxygen atoms in total. The summed E-state index contributed by atoms with van der Waals surface area (Å²) >= 11 is 0. The van der Waals surface area contributed by atoms with E-state index in [1.807, 2.05) is 12.1 Å². The van der Waals surface area contributed by atoms with Crippen LogP contribution in [0.1, 0.15) is 25.8 Å². The van der Waals surface area contributed by atoms with Crippen molar-refractivity contribution < 1.29 is 27.7 Å². The van der Waals surface area contributed by atoms with Crippen molar-refractivity contribution in [3.63, 3.8) is 0 Å². The molecule has 0 N–H and O–H groups in total. The Hall–Kier alpha value is -1.92. The van der Waals surface area contributed by atoms with Crippen molar-refractivity contribution >= 4 is 24.7 Å². The topological polar surface area (TPSA) is 74.3 Å². The molecule has 0 spiro atoms. The number of phosphoric acid groups is 1. The van der Waals surface area contributed by atoms with E-state index in [1.54, 1.807) is 18.7 Å². The van der Waals surface area contributed by atoms with Gasteiger partial charge in [-0.05, 0) is 42.5 Å². The summed E-state index contributed by atoms with van der Waals surface area (Å²) in [7, 11) is -3.69. The third-order valence-corrected chi connectivity index (χ3v) is 7.27. The number of piperidine rings is 1. The molecule has 1 heterocycles. The molecule has 1 saturated heterocycles. The maximum absolute atomic E-state index is 12.5. The monoisotopic (exact) mass is 419 g/mol. The standard InChI is InChI=1S/C21H26NO6P/c1-3-26-29(24,27-4-2)28-15-25-20(23)22-13-19-12-21(19,14-22)18-10-9-16-7-5-6-8-17(16)11-18/h5-11,19H,3-4,12-15H2,1-2H3/t19-,21+/m1/s1. The summed E-state index contributed by atoms with van der Waals surface area (Å²) in [6, 6.07) is 14.8. The second-order valence-electron chi connectivity index (χ2n) is 7.44. The van der Waals surface area contributed by atoms with Crippen LogP contribution in [0.3, 0.4) is 0 Å². The van der Waals surface area contributed by atoms with Crippen molar-refractivity contribution in [3.05, 3.63) is 48.0 Å². The van der Waals surface area contributed by atoms with Gasteiger partial charge in [0.15, 0.2) is 0 Å². The average Bonchev–Trinajstić information content (AvgIpc) is 3.28. The first-order chi connectivity index (χ1) is 14.0. The molecular weight excluding hydrogens is 393 g/mol. The van der Waals surface area contributed by atoms with Crippen LogP contribution in [0.2, 0.25) is 0 Å². The largest absolute Gasteiger partial charge is 0.477 e. The van der Waals surface area contributed by atoms with Crippen LogP contribution in [0.5, 0.6) is 0 Å². The number of phosphoric ester groups is 1. The third-order valence-electron chi connectivity index (χ3n) is 5.70. The molecule has 29 heavy (non-hydrogen) atoms. The zero-order chi connectivity index (χ0) is 20.5. The van der Waals surface area contributed by atoms with Crippen LogP contribution in [-0.4, -0.2) is 44.1 Å². The van der Waals surface area contributed by atoms with Gasteiger partial charge in [-0.2, -0.15) is 0 Å². The fourth-order valence-electron chi connectivity index (χ4n) is 4.23. The fraction of sp³-hybridized carbons (Fsp3) is 0.476. The van der Waals surface area contributed by atoms with E-state index >= 15 is 0 Å². The molecule has 0 aromatic heterocycles. The highest BCUT2D eigenvalue weighted by Gasteiger charge is 2.62. The number of likely N-dealkylation sites (tertiary alicyclic amines) is 1. The van der Waals surface area contributed by atoms with Gasteiger partial charge in [0.2, 0.25) is 6.79 Å². The summed E-state index contributed by atoms with van der Waals surface area (Å²) in [6.45, 7) is 4.51. The number of hydrogen-bond donors (Lipinski definition) is 0. The molecule has 2 fully saturated rings. The second kappa shape index (κ2) is 8.07. The second-order valence-corrected chi connectivity index (χ2v) is 9.11. The Bertz CT molecular complexity index is 940. The van der Waals surface area contributed by atoms with Crippen molar-refractivity contribution in [1.29, 1.82) is 0 Å². The molecule has 1 aliphatic carbocycles. The van der Waals surface area contributed by atoms with E-state index in [0.717, 1.165) is 6.42 Å². The van der Waals surface area contributed by atoms with Crippen molar-refractivity contribution in [3.8, 4) is 0 Å². The Labute approximate surface area is 170 Å². The fourth-order valence-corrected chi connectivity index (χ4v) is 5.27. The van der Waals surface area contributed by atoms with Gasteiger partial charge in [0.05, 0.1) is 13.2 Å². The lowest BCUT2D eigenvalue weighted by Crippen LogP contribution is -2.33. The Morgan fingerprint density at radius 2 is 1.83 bits per heavy atom. The van der Waals surface area contributed by atoms with Crippen molar-refractivity contribution in [2.75, 3.05) is 33.1 Å². The number of ether oxygens (including phenoxy) is 1. The molecule has 1 aliphatic heterocycles. The number of carbonyl (C=O) groups excluding carboxylic acids is 1. The summed E-state index contributed by atoms with van der Waals surface area (Å²) in [5, 5.41) is 2.42. The van der Waals surface area contributed by atoms with Gasteiger partial charge in [-0.3, -0.25) is 9.05 Å². The maximum Gasteiger partial charge on any atom is 0.477 e. The van der Waals surface area contributed by atoms with E-state index in [9.17, 15) is 9.36 Å². The van der Waals surface area contributed by atoms with Gasteiger partial charge >= 0.3 is 13.9 Å². The lowest BCUT2D eigenvalue weighted by molar-refractivity contribution is 0.00938. The molecular formula is C21H26NO6P. The third kappa shape index (κ3) is 4.05. The number of amides is 1. The van der Waals surface area contributed by atoms with Crippen LogP contribution in [-0.2, 0) is 28.3 Å². The summed E-state index contributed by atoms with van der Waals surface area (Å²) in [6.07, 6.45) is 0.604. The minimum absolute atomic E-state index is 0.00977. The number of nitrogens with zero attached hydrogens (tertiary/aromatic N) is 1. The van der Waals surface area contributed by atoms with Gasteiger partial charge in [0, 0.05) is 18.5 Å². The Morgan fingerprint density at radius 1 is 1.10 bits per heavy atom. The molecule has 4 rings (SSSR count). The highest BCUT2D eigenvalue weighted by Crippen LogP contribution is 2.59. The van der Waals surface area contributed by atoms with Gasteiger partial charge in [0.25, 0.3) is 0 Å². The predicted octanol–water partition coefficient (Wildman–Crippen LogP) is 4.70. The number of benzene rings is 2. The lowest BCUT2D eigenvalue weighted by atomic mass is 9.93. The molecule has 2 atom stereocenters. The van der Waals surface area contributed by atoms with E-state index in [0.29, 0.717) is 19.0 Å². The normalized spacial score (nSPS) is 23.2. The van der Waals surface area contributed by atoms with E-state index in [2.05, 4.69) is 30.3 Å². The van der Waals surface area contributed by atoms with E-state index in [-0.39, 0.29) is 18.6 Å². The van der Waals surface area contributed by atoms with E-state index in [1.165, 1.54) is 16.3 Å². The van der Waals surface area contributed by atoms with Crippen LogP contribution >= 0.6 is 7.82 Å². The Morgan fingerprint density at radius 3 is 2.55 bits per heavy atom. The smallest absolute Gasteiger partial charge is 0.422 e. The zero-order valence-corrected chi connectivity index (χ0v) is 17.6. The van der Waals surface area contributed by atoms with Crippen LogP contribution in [0, 0.1) is 5.92 Å². The number of rotatable bonds is 8. The molecule has 2 aromatic carbocycles. The highest BCUT2D eigenvalue weighted by molar-refractivity contribution is 7.48. The van der Waals surface area contributed by atoms with Crippen LogP contribution in [0.15, 0.2) is 42.5 Å². The summed E-state index contributed by atoms with van der Waals surface area (Å²) < 4.78 is 32.5. The number of fused-ring (bicyclic) bond motifs is 2. The van der Waals surface area contributed by atoms with Crippen LogP contribution in [0.25, 0.3) is 10.8 Å². The number of hydrogen-bond acceptors (Lipinski definition) is 6. The van der Waals surface area contributed by atoms with Gasteiger partial charge in [0.1, 0.15) is 0 Å². The predicted molar refractivity (Wildman–Crippen MR) is 109 cm³/mol. The minimum atomic E-state index is -3.69. The highest BCUT2D eigenvalue weighted by atomic mass is 31.2. The molecule has 0 bridgehead atoms. The van der Waals surface area contributed by atoms with Crippen molar-refractivity contribution in [2.45, 2.75) is 25.7 Å². The van der Waals surface area contributed by atoms with Gasteiger partial charge < -0.3 is 9.64 Å². The quantitative estimate of drug-likeness (QED) is 0.456. The van der Waals surface area contributed by atoms with Gasteiger partial charge in [-0.15, -0.1) is 0 Å². The molecule has 0 radical (unpaired) electrons. The molecule has 8 heteroatoms. The number of carbonyl (C=O) groups is 1. The van der Waals surface area contributed by atoms with E-state index in [4.69, 9.17) is 18.3 Å². The Kier molecular flexibility index (Phi) is 5.67. The minimum Gasteiger partial charge on any atom is -0.422 e. The SMILES string of the molecule is CCOP(=O)(OCC)OCOC(=O)N1C[C@H]2C[C@@]2(c2ccc3ccccc3c2)C1. The molecule has 156 valence electrons. The van der Waals surface area contributed by atoms with Gasteiger partial charge in [-0.25, -0.2) is 13.9 Å². The first-order valence-electron chi connectivity index (χ1n) is 9.94. The molecule has 1 amide bonds. The summed E-state index contributed by atoms with van der Waals surface area (Å²) in [5.74, 6) is 0.440. The molecule has 2 aromatic rings. The van der Waals surface area contributed by atoms with Gasteiger partial charge in [-0.1, -0.05) is 42.5 Å². The van der Waals surface area contributed by atoms with Crippen molar-refractivity contribution in [1.82, 2.24) is 4.90 Å². The molecule has 1 saturated carbocycles. The molecule has 0 unspecified atom stereocenters. The Balaban J connectivity index is 1.36. The van der Waals surface area contributed by atoms with Crippen molar-refractivity contribution in [2.24, 2.45) is 5.92 Å². The van der Waals surface area contributed by atoms with E-state index < -0.39 is 20.7 Å².